The van der Waals surface area contributed by atoms with E-state index in [1.807, 2.05) is 6.92 Å². The number of aryl methyl sites for hydroxylation is 1. The van der Waals surface area contributed by atoms with E-state index in [9.17, 15) is 26.8 Å². The van der Waals surface area contributed by atoms with Gasteiger partial charge in [0.2, 0.25) is 11.8 Å². The summed E-state index contributed by atoms with van der Waals surface area (Å²) < 4.78 is 56.2. The van der Waals surface area contributed by atoms with Crippen molar-refractivity contribution in [2.24, 2.45) is 0 Å². The largest absolute Gasteiger partial charge is 0.352 e. The summed E-state index contributed by atoms with van der Waals surface area (Å²) in [6.45, 7) is 5.94. The smallest absolute Gasteiger partial charge is 0.264 e. The SMILES string of the molecule is Cc1ccc(N(CC(=O)N(Cc2ccccc2F)C(C)C(=O)NC(C)C)S(=O)(=O)c2ccc(F)cc2)cc1. The standard InChI is InChI=1S/C28H31F2N3O4S/c1-19(2)31-28(35)21(4)32(17-22-7-5-6-8-26(22)30)27(34)18-33(24-13-9-20(3)10-14-24)38(36,37)25-15-11-23(29)12-16-25/h5-16,19,21H,17-18H2,1-4H3,(H,31,35). The minimum atomic E-state index is -4.31. The fourth-order valence-electron chi connectivity index (χ4n) is 3.77. The molecule has 0 saturated heterocycles. The molecule has 1 atom stereocenters. The van der Waals surface area contributed by atoms with Crippen LogP contribution in [-0.2, 0) is 26.2 Å². The number of benzene rings is 3. The lowest BCUT2D eigenvalue weighted by molar-refractivity contribution is -0.139. The summed E-state index contributed by atoms with van der Waals surface area (Å²) in [6, 6.07) is 15.4. The van der Waals surface area contributed by atoms with Crippen LogP contribution in [-0.4, -0.2) is 43.8 Å². The first-order valence-corrected chi connectivity index (χ1v) is 13.5. The van der Waals surface area contributed by atoms with Crippen LogP contribution in [0.15, 0.2) is 77.7 Å². The van der Waals surface area contributed by atoms with Crippen LogP contribution in [0.3, 0.4) is 0 Å². The number of amides is 2. The minimum absolute atomic E-state index is 0.174. The molecule has 0 heterocycles. The maximum Gasteiger partial charge on any atom is 0.264 e. The predicted octanol–water partition coefficient (Wildman–Crippen LogP) is 4.41. The van der Waals surface area contributed by atoms with E-state index < -0.39 is 46.1 Å². The number of rotatable bonds is 10. The summed E-state index contributed by atoms with van der Waals surface area (Å²) in [5, 5.41) is 2.74. The Balaban J connectivity index is 2.03. The molecule has 0 spiro atoms. The minimum Gasteiger partial charge on any atom is -0.352 e. The number of carbonyl (C=O) groups is 2. The molecule has 1 unspecified atom stereocenters. The quantitative estimate of drug-likeness (QED) is 0.411. The number of sulfonamides is 1. The number of hydrogen-bond acceptors (Lipinski definition) is 4. The van der Waals surface area contributed by atoms with Crippen molar-refractivity contribution in [2.75, 3.05) is 10.8 Å². The van der Waals surface area contributed by atoms with Crippen LogP contribution >= 0.6 is 0 Å². The Bertz CT molecular complexity index is 1380. The van der Waals surface area contributed by atoms with Gasteiger partial charge >= 0.3 is 0 Å². The summed E-state index contributed by atoms with van der Waals surface area (Å²) in [5.74, 6) is -2.35. The van der Waals surface area contributed by atoms with Gasteiger partial charge in [-0.3, -0.25) is 13.9 Å². The summed E-state index contributed by atoms with van der Waals surface area (Å²) in [7, 11) is -4.31. The average molecular weight is 544 g/mol. The van der Waals surface area contributed by atoms with Gasteiger partial charge in [-0.25, -0.2) is 17.2 Å². The normalized spacial score (nSPS) is 12.2. The Morgan fingerprint density at radius 2 is 1.50 bits per heavy atom. The third kappa shape index (κ3) is 6.95. The maximum absolute atomic E-state index is 14.5. The monoisotopic (exact) mass is 543 g/mol. The van der Waals surface area contributed by atoms with Crippen LogP contribution in [0.1, 0.15) is 31.9 Å². The van der Waals surface area contributed by atoms with Crippen molar-refractivity contribution in [3.63, 3.8) is 0 Å². The zero-order valence-electron chi connectivity index (χ0n) is 21.7. The van der Waals surface area contributed by atoms with Gasteiger partial charge in [-0.15, -0.1) is 0 Å². The highest BCUT2D eigenvalue weighted by atomic mass is 32.2. The molecule has 202 valence electrons. The number of halogens is 2. The van der Waals surface area contributed by atoms with Gasteiger partial charge in [-0.05, 0) is 70.2 Å². The Morgan fingerprint density at radius 3 is 2.08 bits per heavy atom. The van der Waals surface area contributed by atoms with Gasteiger partial charge < -0.3 is 10.2 Å². The lowest BCUT2D eigenvalue weighted by Gasteiger charge is -2.32. The molecular weight excluding hydrogens is 512 g/mol. The number of hydrogen-bond donors (Lipinski definition) is 1. The molecule has 0 fully saturated rings. The Morgan fingerprint density at radius 1 is 0.895 bits per heavy atom. The highest BCUT2D eigenvalue weighted by molar-refractivity contribution is 7.92. The van der Waals surface area contributed by atoms with Crippen molar-refractivity contribution in [3.8, 4) is 0 Å². The van der Waals surface area contributed by atoms with Gasteiger partial charge in [0.1, 0.15) is 24.2 Å². The number of carbonyl (C=O) groups excluding carboxylic acids is 2. The molecule has 7 nitrogen and oxygen atoms in total. The molecule has 3 aromatic rings. The maximum atomic E-state index is 14.5. The van der Waals surface area contributed by atoms with Gasteiger partial charge in [0.15, 0.2) is 0 Å². The van der Waals surface area contributed by atoms with Crippen LogP contribution in [0.2, 0.25) is 0 Å². The van der Waals surface area contributed by atoms with Gasteiger partial charge in [0, 0.05) is 18.2 Å². The molecule has 3 rings (SSSR count). The Kier molecular flexibility index (Phi) is 9.22. The van der Waals surface area contributed by atoms with Crippen molar-refractivity contribution in [2.45, 2.75) is 51.2 Å². The van der Waals surface area contributed by atoms with Crippen LogP contribution < -0.4 is 9.62 Å². The van der Waals surface area contributed by atoms with Crippen LogP contribution in [0, 0.1) is 18.6 Å². The second-order valence-corrected chi connectivity index (χ2v) is 11.1. The highest BCUT2D eigenvalue weighted by Crippen LogP contribution is 2.25. The summed E-state index contributed by atoms with van der Waals surface area (Å²) >= 11 is 0. The van der Waals surface area contributed by atoms with E-state index in [2.05, 4.69) is 5.32 Å². The van der Waals surface area contributed by atoms with Gasteiger partial charge in [-0.1, -0.05) is 35.9 Å². The molecule has 3 aromatic carbocycles. The molecule has 0 saturated carbocycles. The molecule has 0 aliphatic heterocycles. The summed E-state index contributed by atoms with van der Waals surface area (Å²) in [5.41, 5.74) is 1.26. The average Bonchev–Trinajstić information content (AvgIpc) is 2.86. The molecule has 0 aliphatic rings. The molecule has 10 heteroatoms. The van der Waals surface area contributed by atoms with Crippen molar-refractivity contribution < 1.29 is 26.8 Å². The van der Waals surface area contributed by atoms with Crippen LogP contribution in [0.25, 0.3) is 0 Å². The van der Waals surface area contributed by atoms with Crippen molar-refractivity contribution in [1.82, 2.24) is 10.2 Å². The molecule has 0 aliphatic carbocycles. The Labute approximate surface area is 222 Å². The first-order valence-electron chi connectivity index (χ1n) is 12.1. The van der Waals surface area contributed by atoms with E-state index in [0.29, 0.717) is 0 Å². The molecule has 2 amide bonds. The zero-order chi connectivity index (χ0) is 28.0. The van der Waals surface area contributed by atoms with Gasteiger partial charge in [0.25, 0.3) is 10.0 Å². The highest BCUT2D eigenvalue weighted by Gasteiger charge is 2.33. The third-order valence-electron chi connectivity index (χ3n) is 5.90. The van der Waals surface area contributed by atoms with Crippen LogP contribution in [0.4, 0.5) is 14.5 Å². The van der Waals surface area contributed by atoms with Crippen molar-refractivity contribution in [3.05, 3.63) is 95.6 Å². The van der Waals surface area contributed by atoms with Crippen molar-refractivity contribution >= 4 is 27.5 Å². The summed E-state index contributed by atoms with van der Waals surface area (Å²) in [6.07, 6.45) is 0. The molecule has 1 N–H and O–H groups in total. The number of nitrogens with one attached hydrogen (secondary N) is 1. The second-order valence-electron chi connectivity index (χ2n) is 9.25. The number of nitrogens with zero attached hydrogens (tertiary/aromatic N) is 2. The van der Waals surface area contributed by atoms with Crippen LogP contribution in [0.5, 0.6) is 0 Å². The Hall–Kier alpha value is -3.79. The number of anilines is 1. The molecular formula is C28H31F2N3O4S. The molecule has 38 heavy (non-hydrogen) atoms. The summed E-state index contributed by atoms with van der Waals surface area (Å²) in [4.78, 5) is 27.5. The van der Waals surface area contributed by atoms with Gasteiger partial charge in [0.05, 0.1) is 10.6 Å². The molecule has 0 aromatic heterocycles. The predicted molar refractivity (Wildman–Crippen MR) is 142 cm³/mol. The lowest BCUT2D eigenvalue weighted by atomic mass is 10.1. The molecule has 0 bridgehead atoms. The van der Waals surface area contributed by atoms with E-state index in [-0.39, 0.29) is 28.7 Å². The van der Waals surface area contributed by atoms with Gasteiger partial charge in [-0.2, -0.15) is 0 Å². The lowest BCUT2D eigenvalue weighted by Crippen LogP contribution is -2.52. The van der Waals surface area contributed by atoms with E-state index in [1.165, 1.54) is 25.1 Å². The second kappa shape index (κ2) is 12.2. The fourth-order valence-corrected chi connectivity index (χ4v) is 5.19. The van der Waals surface area contributed by atoms with E-state index in [4.69, 9.17) is 0 Å². The zero-order valence-corrected chi connectivity index (χ0v) is 22.5. The first-order chi connectivity index (χ1) is 17.9. The topological polar surface area (TPSA) is 86.8 Å². The fraction of sp³-hybridized carbons (Fsp3) is 0.286. The van der Waals surface area contributed by atoms with E-state index in [0.717, 1.165) is 39.0 Å². The van der Waals surface area contributed by atoms with E-state index in [1.54, 1.807) is 44.2 Å². The first kappa shape index (κ1) is 28.8. The third-order valence-corrected chi connectivity index (χ3v) is 7.69. The molecule has 0 radical (unpaired) electrons. The van der Waals surface area contributed by atoms with E-state index >= 15 is 0 Å². The van der Waals surface area contributed by atoms with Crippen molar-refractivity contribution in [1.29, 1.82) is 0 Å².